The smallest absolute Gasteiger partial charge is 0.320 e. The minimum atomic E-state index is -2.62. The first-order chi connectivity index (χ1) is 10.2. The normalized spacial score (nSPS) is 11.2. The Morgan fingerprint density at radius 2 is 2.05 bits per heavy atom. The molecule has 6 heteroatoms. The highest BCUT2D eigenvalue weighted by atomic mass is 19.3. The number of imidazole rings is 1. The first-order valence-electron chi connectivity index (χ1n) is 6.64. The van der Waals surface area contributed by atoms with Gasteiger partial charge in [-0.25, -0.2) is 9.97 Å². The van der Waals surface area contributed by atoms with Gasteiger partial charge in [0.2, 0.25) is 0 Å². The molecule has 1 aromatic carbocycles. The highest BCUT2D eigenvalue weighted by Gasteiger charge is 2.12. The fourth-order valence-electron chi connectivity index (χ4n) is 2.24. The van der Waals surface area contributed by atoms with Crippen molar-refractivity contribution in [2.75, 3.05) is 5.32 Å². The first kappa shape index (κ1) is 13.5. The highest BCUT2D eigenvalue weighted by Crippen LogP contribution is 2.24. The molecular formula is C15H14F2N4. The number of aryl methyl sites for hydroxylation is 1. The molecule has 0 saturated heterocycles. The fourth-order valence-corrected chi connectivity index (χ4v) is 2.24. The molecule has 1 N–H and O–H groups in total. The van der Waals surface area contributed by atoms with Gasteiger partial charge >= 0.3 is 6.55 Å². The van der Waals surface area contributed by atoms with Crippen LogP contribution >= 0.6 is 0 Å². The van der Waals surface area contributed by atoms with E-state index in [-0.39, 0.29) is 0 Å². The molecule has 2 heterocycles. The van der Waals surface area contributed by atoms with E-state index in [1.807, 2.05) is 24.3 Å². The minimum Gasteiger partial charge on any atom is -0.340 e. The van der Waals surface area contributed by atoms with Crippen molar-refractivity contribution in [2.24, 2.45) is 0 Å². The number of alkyl halides is 2. The molecule has 2 aromatic heterocycles. The van der Waals surface area contributed by atoms with Gasteiger partial charge in [0.1, 0.15) is 17.7 Å². The van der Waals surface area contributed by atoms with Gasteiger partial charge in [-0.05, 0) is 18.1 Å². The predicted molar refractivity (Wildman–Crippen MR) is 77.9 cm³/mol. The second-order valence-electron chi connectivity index (χ2n) is 4.62. The van der Waals surface area contributed by atoms with Crippen LogP contribution in [0.2, 0.25) is 0 Å². The lowest BCUT2D eigenvalue weighted by Crippen LogP contribution is -1.99. The molecule has 0 fully saturated rings. The lowest BCUT2D eigenvalue weighted by molar-refractivity contribution is 0.0746. The molecule has 3 rings (SSSR count). The number of fused-ring (bicyclic) bond motifs is 1. The van der Waals surface area contributed by atoms with E-state index in [1.165, 1.54) is 6.20 Å². The van der Waals surface area contributed by atoms with Crippen molar-refractivity contribution in [1.29, 1.82) is 0 Å². The standard InChI is InChI=1S/C15H14F2N4/c1-2-10-5-3-4-6-11(10)20-14-7-13-12(8-18-14)19-9-21(13)15(16)17/h3-9,15H,2H2,1H3,(H,18,20). The van der Waals surface area contributed by atoms with Crippen molar-refractivity contribution in [3.8, 4) is 0 Å². The second-order valence-corrected chi connectivity index (χ2v) is 4.62. The maximum atomic E-state index is 12.9. The summed E-state index contributed by atoms with van der Waals surface area (Å²) in [4.78, 5) is 8.13. The molecule has 0 unspecified atom stereocenters. The van der Waals surface area contributed by atoms with E-state index in [1.54, 1.807) is 6.07 Å². The van der Waals surface area contributed by atoms with Gasteiger partial charge < -0.3 is 5.32 Å². The van der Waals surface area contributed by atoms with Crippen LogP contribution in [0, 0.1) is 0 Å². The maximum absolute atomic E-state index is 12.9. The summed E-state index contributed by atoms with van der Waals surface area (Å²) < 4.78 is 26.6. The number of hydrogen-bond acceptors (Lipinski definition) is 3. The molecule has 0 amide bonds. The molecule has 0 spiro atoms. The first-order valence-corrected chi connectivity index (χ1v) is 6.64. The van der Waals surface area contributed by atoms with Crippen molar-refractivity contribution in [2.45, 2.75) is 19.9 Å². The summed E-state index contributed by atoms with van der Waals surface area (Å²) in [5, 5.41) is 3.17. The second kappa shape index (κ2) is 5.47. The monoisotopic (exact) mass is 288 g/mol. The zero-order chi connectivity index (χ0) is 14.8. The molecule has 0 aliphatic rings. The van der Waals surface area contributed by atoms with Crippen LogP contribution in [0.15, 0.2) is 42.9 Å². The Morgan fingerprint density at radius 3 is 2.81 bits per heavy atom. The largest absolute Gasteiger partial charge is 0.340 e. The van der Waals surface area contributed by atoms with Gasteiger partial charge in [-0.3, -0.25) is 4.57 Å². The Hall–Kier alpha value is -2.50. The van der Waals surface area contributed by atoms with Crippen LogP contribution in [0.3, 0.4) is 0 Å². The van der Waals surface area contributed by atoms with Gasteiger partial charge in [0.15, 0.2) is 0 Å². The van der Waals surface area contributed by atoms with Gasteiger partial charge in [0, 0.05) is 11.8 Å². The van der Waals surface area contributed by atoms with E-state index in [2.05, 4.69) is 22.2 Å². The van der Waals surface area contributed by atoms with Gasteiger partial charge in [0.25, 0.3) is 0 Å². The number of pyridine rings is 1. The molecule has 0 saturated carbocycles. The van der Waals surface area contributed by atoms with Gasteiger partial charge in [-0.15, -0.1) is 0 Å². The van der Waals surface area contributed by atoms with E-state index in [0.717, 1.165) is 28.6 Å². The molecule has 0 aliphatic carbocycles. The van der Waals surface area contributed by atoms with Crippen molar-refractivity contribution in [1.82, 2.24) is 14.5 Å². The van der Waals surface area contributed by atoms with Crippen LogP contribution in [0.1, 0.15) is 19.0 Å². The van der Waals surface area contributed by atoms with Crippen LogP contribution < -0.4 is 5.32 Å². The van der Waals surface area contributed by atoms with Crippen LogP contribution in [-0.4, -0.2) is 14.5 Å². The Kier molecular flexibility index (Phi) is 3.51. The molecule has 0 bridgehead atoms. The number of anilines is 2. The van der Waals surface area contributed by atoms with E-state index in [0.29, 0.717) is 16.9 Å². The molecule has 3 aromatic rings. The van der Waals surface area contributed by atoms with Crippen molar-refractivity contribution >= 4 is 22.5 Å². The Bertz CT molecular complexity index is 767. The van der Waals surface area contributed by atoms with Crippen molar-refractivity contribution in [3.05, 3.63) is 48.4 Å². The molecule has 108 valence electrons. The zero-order valence-corrected chi connectivity index (χ0v) is 11.4. The highest BCUT2D eigenvalue weighted by molar-refractivity contribution is 5.78. The maximum Gasteiger partial charge on any atom is 0.320 e. The lowest BCUT2D eigenvalue weighted by Gasteiger charge is -2.10. The SMILES string of the molecule is CCc1ccccc1Nc1cc2c(cn1)ncn2C(F)F. The molecular weight excluding hydrogens is 274 g/mol. The third kappa shape index (κ3) is 2.56. The summed E-state index contributed by atoms with van der Waals surface area (Å²) in [6.07, 6.45) is 3.49. The van der Waals surface area contributed by atoms with E-state index in [4.69, 9.17) is 0 Å². The number of nitrogens with one attached hydrogen (secondary N) is 1. The number of para-hydroxylation sites is 1. The summed E-state index contributed by atoms with van der Waals surface area (Å²) in [6.45, 7) is -0.559. The minimum absolute atomic E-state index is 0.358. The topological polar surface area (TPSA) is 42.7 Å². The summed E-state index contributed by atoms with van der Waals surface area (Å²) >= 11 is 0. The van der Waals surface area contributed by atoms with Crippen LogP contribution in [0.5, 0.6) is 0 Å². The van der Waals surface area contributed by atoms with Crippen LogP contribution in [0.4, 0.5) is 20.3 Å². The summed E-state index contributed by atoms with van der Waals surface area (Å²) in [5.74, 6) is 0.519. The van der Waals surface area contributed by atoms with Crippen LogP contribution in [-0.2, 0) is 6.42 Å². The molecule has 0 radical (unpaired) electrons. The number of aromatic nitrogens is 3. The van der Waals surface area contributed by atoms with Gasteiger partial charge in [-0.1, -0.05) is 25.1 Å². The summed E-state index contributed by atoms with van der Waals surface area (Å²) in [7, 11) is 0. The number of nitrogens with zero attached hydrogens (tertiary/aromatic N) is 3. The molecule has 0 aliphatic heterocycles. The Balaban J connectivity index is 1.99. The van der Waals surface area contributed by atoms with Gasteiger partial charge in [-0.2, -0.15) is 8.78 Å². The quantitative estimate of drug-likeness (QED) is 0.785. The third-order valence-electron chi connectivity index (χ3n) is 3.33. The summed E-state index contributed by atoms with van der Waals surface area (Å²) in [6, 6.07) is 9.43. The fraction of sp³-hybridized carbons (Fsp3) is 0.200. The average molecular weight is 288 g/mol. The number of benzene rings is 1. The molecule has 4 nitrogen and oxygen atoms in total. The predicted octanol–water partition coefficient (Wildman–Crippen LogP) is 4.13. The van der Waals surface area contributed by atoms with E-state index < -0.39 is 6.55 Å². The summed E-state index contributed by atoms with van der Waals surface area (Å²) in [5.41, 5.74) is 2.87. The zero-order valence-electron chi connectivity index (χ0n) is 11.4. The van der Waals surface area contributed by atoms with Crippen LogP contribution in [0.25, 0.3) is 11.0 Å². The van der Waals surface area contributed by atoms with Crippen molar-refractivity contribution < 1.29 is 8.78 Å². The number of hydrogen-bond donors (Lipinski definition) is 1. The van der Waals surface area contributed by atoms with E-state index >= 15 is 0 Å². The Labute approximate surface area is 120 Å². The molecule has 0 atom stereocenters. The average Bonchev–Trinajstić information content (AvgIpc) is 2.91. The third-order valence-corrected chi connectivity index (χ3v) is 3.33. The van der Waals surface area contributed by atoms with Crippen molar-refractivity contribution in [3.63, 3.8) is 0 Å². The molecule has 21 heavy (non-hydrogen) atoms. The number of rotatable bonds is 4. The van der Waals surface area contributed by atoms with E-state index in [9.17, 15) is 8.78 Å². The number of halogens is 2. The Morgan fingerprint density at radius 1 is 1.24 bits per heavy atom. The van der Waals surface area contributed by atoms with Gasteiger partial charge in [0.05, 0.1) is 11.7 Å². The lowest BCUT2D eigenvalue weighted by atomic mass is 10.1.